The van der Waals surface area contributed by atoms with Crippen LogP contribution in [0.5, 0.6) is 0 Å². The predicted molar refractivity (Wildman–Crippen MR) is 91.1 cm³/mol. The van der Waals surface area contributed by atoms with Gasteiger partial charge in [-0.15, -0.1) is 11.3 Å². The molecule has 114 valence electrons. The molecule has 0 bridgehead atoms. The number of aliphatic hydroxyl groups is 1. The first-order chi connectivity index (χ1) is 10.1. The average Bonchev–Trinajstić information content (AvgIpc) is 2.80. The fraction of sp³-hybridized carbons (Fsp3) is 0.529. The summed E-state index contributed by atoms with van der Waals surface area (Å²) in [7, 11) is 0. The molecule has 1 fully saturated rings. The van der Waals surface area contributed by atoms with Gasteiger partial charge in [-0.2, -0.15) is 0 Å². The minimum absolute atomic E-state index is 0.532. The fourth-order valence-corrected chi connectivity index (χ4v) is 4.53. The number of hydrogen-bond acceptors (Lipinski definition) is 3. The molecule has 0 amide bonds. The zero-order chi connectivity index (χ0) is 14.9. The summed E-state index contributed by atoms with van der Waals surface area (Å²) in [6.45, 7) is 3.66. The maximum Gasteiger partial charge on any atom is 0.0771 e. The zero-order valence-corrected chi connectivity index (χ0v) is 13.9. The van der Waals surface area contributed by atoms with Crippen LogP contribution in [-0.4, -0.2) is 17.3 Å². The Kier molecular flexibility index (Phi) is 4.55. The van der Waals surface area contributed by atoms with Gasteiger partial charge in [-0.05, 0) is 37.7 Å². The summed E-state index contributed by atoms with van der Waals surface area (Å²) in [4.78, 5) is 1.16. The van der Waals surface area contributed by atoms with E-state index in [1.807, 2.05) is 12.1 Å². The molecule has 0 radical (unpaired) electrons. The quantitative estimate of drug-likeness (QED) is 0.862. The average molecular weight is 324 g/mol. The van der Waals surface area contributed by atoms with E-state index in [9.17, 15) is 5.11 Å². The van der Waals surface area contributed by atoms with Crippen molar-refractivity contribution in [3.63, 3.8) is 0 Å². The van der Waals surface area contributed by atoms with Crippen LogP contribution >= 0.6 is 22.9 Å². The molecule has 2 aromatic rings. The van der Waals surface area contributed by atoms with Gasteiger partial charge in [0.25, 0.3) is 0 Å². The van der Waals surface area contributed by atoms with Crippen LogP contribution in [0.15, 0.2) is 24.3 Å². The van der Waals surface area contributed by atoms with Crippen LogP contribution in [0.2, 0.25) is 5.02 Å². The molecule has 1 aliphatic carbocycles. The predicted octanol–water partition coefficient (Wildman–Crippen LogP) is 4.59. The molecule has 1 aromatic carbocycles. The maximum atomic E-state index is 10.6. The van der Waals surface area contributed by atoms with Crippen molar-refractivity contribution in [3.05, 3.63) is 34.2 Å². The highest BCUT2D eigenvalue weighted by Crippen LogP contribution is 2.35. The lowest BCUT2D eigenvalue weighted by molar-refractivity contribution is -0.00625. The lowest BCUT2D eigenvalue weighted by atomic mass is 9.79. The van der Waals surface area contributed by atoms with Crippen molar-refractivity contribution >= 4 is 33.0 Å². The van der Waals surface area contributed by atoms with Gasteiger partial charge in [0.05, 0.1) is 10.6 Å². The van der Waals surface area contributed by atoms with Gasteiger partial charge < -0.3 is 10.4 Å². The first kappa shape index (κ1) is 15.3. The van der Waals surface area contributed by atoms with Crippen molar-refractivity contribution in [2.45, 2.75) is 44.8 Å². The Morgan fingerprint density at radius 1 is 1.33 bits per heavy atom. The van der Waals surface area contributed by atoms with Crippen LogP contribution in [-0.2, 0) is 6.54 Å². The van der Waals surface area contributed by atoms with E-state index in [0.717, 1.165) is 53.4 Å². The highest BCUT2D eigenvalue weighted by molar-refractivity contribution is 7.19. The maximum absolute atomic E-state index is 10.6. The van der Waals surface area contributed by atoms with Crippen LogP contribution in [0, 0.1) is 5.92 Å². The molecular formula is C17H22ClNOS. The Hall–Kier alpha value is -0.610. The summed E-state index contributed by atoms with van der Waals surface area (Å²) >= 11 is 8.17. The molecule has 1 aromatic heterocycles. The summed E-state index contributed by atoms with van der Waals surface area (Å²) in [6, 6.07) is 8.22. The lowest BCUT2D eigenvalue weighted by Gasteiger charge is -2.35. The first-order valence-electron chi connectivity index (χ1n) is 7.66. The Balaban J connectivity index is 1.60. The Labute approximate surface area is 135 Å². The lowest BCUT2D eigenvalue weighted by Crippen LogP contribution is -2.43. The van der Waals surface area contributed by atoms with E-state index in [2.05, 4.69) is 24.4 Å². The number of rotatable bonds is 4. The second-order valence-corrected chi connectivity index (χ2v) is 7.86. The minimum atomic E-state index is -0.532. The fourth-order valence-electron chi connectivity index (χ4n) is 3.06. The number of hydrogen-bond donors (Lipinski definition) is 2. The Morgan fingerprint density at radius 2 is 2.05 bits per heavy atom. The van der Waals surface area contributed by atoms with Crippen LogP contribution in [0.25, 0.3) is 10.1 Å². The molecular weight excluding hydrogens is 302 g/mol. The topological polar surface area (TPSA) is 32.3 Å². The second-order valence-electron chi connectivity index (χ2n) is 6.35. The highest BCUT2D eigenvalue weighted by atomic mass is 35.5. The summed E-state index contributed by atoms with van der Waals surface area (Å²) in [5, 5.41) is 16.0. The van der Waals surface area contributed by atoms with Gasteiger partial charge >= 0.3 is 0 Å². The molecule has 0 atom stereocenters. The van der Waals surface area contributed by atoms with Crippen molar-refractivity contribution < 1.29 is 5.11 Å². The van der Waals surface area contributed by atoms with Gasteiger partial charge in [0.1, 0.15) is 0 Å². The second kappa shape index (κ2) is 6.25. The van der Waals surface area contributed by atoms with Crippen molar-refractivity contribution in [3.8, 4) is 0 Å². The minimum Gasteiger partial charge on any atom is -0.389 e. The number of benzene rings is 1. The van der Waals surface area contributed by atoms with Crippen LogP contribution in [0.3, 0.4) is 0 Å². The molecule has 1 heterocycles. The standard InChI is InChI=1S/C17H22ClNOS/c1-12-6-8-17(20,9-7-12)11-19-10-15-16(18)13-4-2-3-5-14(13)21-15/h2-5,12,19-20H,6-11H2,1H3. The third-order valence-corrected chi connectivity index (χ3v) is 6.26. The molecule has 2 N–H and O–H groups in total. The molecule has 2 nitrogen and oxygen atoms in total. The molecule has 3 rings (SSSR count). The number of nitrogens with one attached hydrogen (secondary N) is 1. The van der Waals surface area contributed by atoms with Crippen LogP contribution in [0.1, 0.15) is 37.5 Å². The largest absolute Gasteiger partial charge is 0.389 e. The number of thiophene rings is 1. The monoisotopic (exact) mass is 323 g/mol. The molecule has 0 saturated heterocycles. The molecule has 21 heavy (non-hydrogen) atoms. The van der Waals surface area contributed by atoms with E-state index in [4.69, 9.17) is 11.6 Å². The molecule has 1 aliphatic rings. The summed E-state index contributed by atoms with van der Waals surface area (Å²) in [6.07, 6.45) is 4.06. The smallest absolute Gasteiger partial charge is 0.0771 e. The van der Waals surface area contributed by atoms with Crippen molar-refractivity contribution in [1.82, 2.24) is 5.32 Å². The SMILES string of the molecule is CC1CCC(O)(CNCc2sc3ccccc3c2Cl)CC1. The Morgan fingerprint density at radius 3 is 2.76 bits per heavy atom. The van der Waals surface area contributed by atoms with Gasteiger partial charge in [0.2, 0.25) is 0 Å². The Bertz CT molecular complexity index is 616. The van der Waals surface area contributed by atoms with Crippen LogP contribution < -0.4 is 5.32 Å². The van der Waals surface area contributed by atoms with Gasteiger partial charge in [0.15, 0.2) is 0 Å². The molecule has 0 spiro atoms. The summed E-state index contributed by atoms with van der Waals surface area (Å²) in [5.74, 6) is 0.752. The first-order valence-corrected chi connectivity index (χ1v) is 8.86. The van der Waals surface area contributed by atoms with Crippen molar-refractivity contribution in [1.29, 1.82) is 0 Å². The van der Waals surface area contributed by atoms with E-state index in [1.165, 1.54) is 4.70 Å². The van der Waals surface area contributed by atoms with Gasteiger partial charge in [0, 0.05) is 28.1 Å². The molecule has 4 heteroatoms. The summed E-state index contributed by atoms with van der Waals surface area (Å²) < 4.78 is 1.23. The molecule has 1 saturated carbocycles. The zero-order valence-electron chi connectivity index (χ0n) is 12.4. The third-order valence-electron chi connectivity index (χ3n) is 4.55. The highest BCUT2D eigenvalue weighted by Gasteiger charge is 2.31. The van der Waals surface area contributed by atoms with Crippen LogP contribution in [0.4, 0.5) is 0 Å². The van der Waals surface area contributed by atoms with Gasteiger partial charge in [-0.25, -0.2) is 0 Å². The van der Waals surface area contributed by atoms with Crippen molar-refractivity contribution in [2.75, 3.05) is 6.54 Å². The van der Waals surface area contributed by atoms with E-state index >= 15 is 0 Å². The van der Waals surface area contributed by atoms with E-state index in [0.29, 0.717) is 6.54 Å². The normalized spacial score (nSPS) is 26.3. The van der Waals surface area contributed by atoms with Gasteiger partial charge in [-0.3, -0.25) is 0 Å². The molecule has 0 aliphatic heterocycles. The van der Waals surface area contributed by atoms with E-state index in [1.54, 1.807) is 11.3 Å². The van der Waals surface area contributed by atoms with E-state index in [-0.39, 0.29) is 0 Å². The van der Waals surface area contributed by atoms with Gasteiger partial charge in [-0.1, -0.05) is 36.7 Å². The summed E-state index contributed by atoms with van der Waals surface area (Å²) in [5.41, 5.74) is -0.532. The number of halogens is 1. The molecule has 0 unspecified atom stereocenters. The third kappa shape index (κ3) is 3.42. The van der Waals surface area contributed by atoms with E-state index < -0.39 is 5.60 Å². The van der Waals surface area contributed by atoms with Crippen molar-refractivity contribution in [2.24, 2.45) is 5.92 Å². The number of fused-ring (bicyclic) bond motifs is 1.